The van der Waals surface area contributed by atoms with Gasteiger partial charge in [0, 0.05) is 11.4 Å². The summed E-state index contributed by atoms with van der Waals surface area (Å²) in [4.78, 5) is 11.8. The molecule has 0 radical (unpaired) electrons. The van der Waals surface area contributed by atoms with Crippen molar-refractivity contribution in [3.05, 3.63) is 40.4 Å². The van der Waals surface area contributed by atoms with Gasteiger partial charge in [0.25, 0.3) is 0 Å². The summed E-state index contributed by atoms with van der Waals surface area (Å²) in [5.41, 5.74) is 2.02. The molecular formula is C14H15ClO. The van der Waals surface area contributed by atoms with Gasteiger partial charge >= 0.3 is 0 Å². The Bertz CT molecular complexity index is 417. The Morgan fingerprint density at radius 2 is 2.00 bits per heavy atom. The normalized spacial score (nSPS) is 23.8. The number of halogens is 1. The highest BCUT2D eigenvalue weighted by Gasteiger charge is 2.20. The van der Waals surface area contributed by atoms with Crippen molar-refractivity contribution in [3.8, 4) is 0 Å². The Balaban J connectivity index is 2.18. The highest BCUT2D eigenvalue weighted by Crippen LogP contribution is 2.26. The van der Waals surface area contributed by atoms with Crippen LogP contribution in [0.15, 0.2) is 29.8 Å². The van der Waals surface area contributed by atoms with Crippen molar-refractivity contribution in [1.82, 2.24) is 0 Å². The van der Waals surface area contributed by atoms with E-state index in [2.05, 4.69) is 6.92 Å². The molecule has 84 valence electrons. The van der Waals surface area contributed by atoms with E-state index in [4.69, 9.17) is 11.6 Å². The molecule has 0 spiro atoms. The molecule has 2 rings (SSSR count). The molecule has 1 nitrogen and oxygen atoms in total. The topological polar surface area (TPSA) is 17.1 Å². The van der Waals surface area contributed by atoms with E-state index in [1.165, 1.54) is 0 Å². The minimum absolute atomic E-state index is 0.300. The first kappa shape index (κ1) is 11.4. The van der Waals surface area contributed by atoms with Crippen LogP contribution >= 0.6 is 11.6 Å². The lowest BCUT2D eigenvalue weighted by atomic mass is 9.85. The first-order valence-corrected chi connectivity index (χ1v) is 6.02. The molecule has 16 heavy (non-hydrogen) atoms. The van der Waals surface area contributed by atoms with Crippen LogP contribution in [0.1, 0.15) is 31.7 Å². The van der Waals surface area contributed by atoms with Gasteiger partial charge in [-0.05, 0) is 48.1 Å². The van der Waals surface area contributed by atoms with Crippen molar-refractivity contribution in [2.24, 2.45) is 5.92 Å². The molecule has 1 aromatic rings. The molecular weight excluding hydrogens is 220 g/mol. The number of allylic oxidation sites excluding steroid dienone is 1. The maximum atomic E-state index is 11.8. The van der Waals surface area contributed by atoms with Crippen LogP contribution in [0.3, 0.4) is 0 Å². The Morgan fingerprint density at radius 3 is 2.62 bits per heavy atom. The summed E-state index contributed by atoms with van der Waals surface area (Å²) in [5, 5.41) is 0.728. The molecule has 1 aliphatic rings. The number of carbonyl (C=O) groups is 1. The number of hydrogen-bond donors (Lipinski definition) is 0. The van der Waals surface area contributed by atoms with Crippen LogP contribution in [-0.2, 0) is 4.79 Å². The zero-order valence-electron chi connectivity index (χ0n) is 9.37. The van der Waals surface area contributed by atoms with Crippen LogP contribution in [0, 0.1) is 5.92 Å². The number of benzene rings is 1. The van der Waals surface area contributed by atoms with Gasteiger partial charge < -0.3 is 0 Å². The summed E-state index contributed by atoms with van der Waals surface area (Å²) in [5.74, 6) is 0.837. The fourth-order valence-corrected chi connectivity index (χ4v) is 2.13. The van der Waals surface area contributed by atoms with Gasteiger partial charge in [-0.15, -0.1) is 0 Å². The summed E-state index contributed by atoms with van der Waals surface area (Å²) in [6, 6.07) is 7.59. The number of Topliss-reactive ketones (excluding diaryl/α,β-unsaturated/α-hetero) is 1. The lowest BCUT2D eigenvalue weighted by molar-refractivity contribution is -0.117. The molecule has 0 amide bonds. The van der Waals surface area contributed by atoms with Gasteiger partial charge in [0.1, 0.15) is 0 Å². The van der Waals surface area contributed by atoms with E-state index in [-0.39, 0.29) is 0 Å². The van der Waals surface area contributed by atoms with Crippen LogP contribution < -0.4 is 0 Å². The lowest BCUT2D eigenvalue weighted by Crippen LogP contribution is -2.15. The Kier molecular flexibility index (Phi) is 3.45. The monoisotopic (exact) mass is 234 g/mol. The summed E-state index contributed by atoms with van der Waals surface area (Å²) >= 11 is 5.81. The fraction of sp³-hybridized carbons (Fsp3) is 0.357. The van der Waals surface area contributed by atoms with Crippen LogP contribution in [-0.4, -0.2) is 5.78 Å². The first-order chi connectivity index (χ1) is 7.65. The average Bonchev–Trinajstić information content (AvgIpc) is 2.25. The molecule has 1 atom stereocenters. The van der Waals surface area contributed by atoms with E-state index in [9.17, 15) is 4.79 Å². The van der Waals surface area contributed by atoms with Crippen LogP contribution in [0.2, 0.25) is 5.02 Å². The minimum atomic E-state index is 0.300. The maximum absolute atomic E-state index is 11.8. The molecule has 1 saturated carbocycles. The van der Waals surface area contributed by atoms with Crippen LogP contribution in [0.5, 0.6) is 0 Å². The largest absolute Gasteiger partial charge is 0.295 e. The standard InChI is InChI=1S/C14H15ClO/c1-10-2-5-12(14(16)8-10)9-11-3-6-13(15)7-4-11/h3-4,6-7,9-10H,2,5,8H2,1H3/b12-9+. The average molecular weight is 235 g/mol. The third kappa shape index (κ3) is 2.73. The Labute approximate surface area is 101 Å². The zero-order chi connectivity index (χ0) is 11.5. The first-order valence-electron chi connectivity index (χ1n) is 5.64. The van der Waals surface area contributed by atoms with E-state index in [1.807, 2.05) is 30.3 Å². The van der Waals surface area contributed by atoms with E-state index >= 15 is 0 Å². The minimum Gasteiger partial charge on any atom is -0.295 e. The smallest absolute Gasteiger partial charge is 0.159 e. The second kappa shape index (κ2) is 4.84. The molecule has 1 fully saturated rings. The Hall–Kier alpha value is -1.08. The second-order valence-corrected chi connectivity index (χ2v) is 4.93. The predicted octanol–water partition coefficient (Wildman–Crippen LogP) is 4.11. The summed E-state index contributed by atoms with van der Waals surface area (Å²) in [7, 11) is 0. The molecule has 0 aromatic heterocycles. The SMILES string of the molecule is CC1CC/C(=C\c2ccc(Cl)cc2)C(=O)C1. The molecule has 1 unspecified atom stereocenters. The summed E-state index contributed by atoms with van der Waals surface area (Å²) in [6.07, 6.45) is 4.71. The molecule has 1 aromatic carbocycles. The third-order valence-electron chi connectivity index (χ3n) is 3.01. The molecule has 1 aliphatic carbocycles. The third-order valence-corrected chi connectivity index (χ3v) is 3.26. The Morgan fingerprint density at radius 1 is 1.31 bits per heavy atom. The van der Waals surface area contributed by atoms with Gasteiger partial charge in [-0.1, -0.05) is 30.7 Å². The van der Waals surface area contributed by atoms with Gasteiger partial charge in [0.15, 0.2) is 5.78 Å². The highest BCUT2D eigenvalue weighted by molar-refractivity contribution is 6.30. The van der Waals surface area contributed by atoms with Gasteiger partial charge in [0.05, 0.1) is 0 Å². The van der Waals surface area contributed by atoms with E-state index < -0.39 is 0 Å². The summed E-state index contributed by atoms with van der Waals surface area (Å²) in [6.45, 7) is 2.14. The van der Waals surface area contributed by atoms with Crippen molar-refractivity contribution in [2.45, 2.75) is 26.2 Å². The van der Waals surface area contributed by atoms with Gasteiger partial charge in [-0.2, -0.15) is 0 Å². The molecule has 0 bridgehead atoms. The number of rotatable bonds is 1. The van der Waals surface area contributed by atoms with Crippen molar-refractivity contribution < 1.29 is 4.79 Å². The van der Waals surface area contributed by atoms with Crippen molar-refractivity contribution >= 4 is 23.5 Å². The number of ketones is 1. The molecule has 0 saturated heterocycles. The van der Waals surface area contributed by atoms with Crippen LogP contribution in [0.25, 0.3) is 6.08 Å². The number of hydrogen-bond acceptors (Lipinski definition) is 1. The van der Waals surface area contributed by atoms with E-state index in [1.54, 1.807) is 0 Å². The van der Waals surface area contributed by atoms with Crippen molar-refractivity contribution in [3.63, 3.8) is 0 Å². The lowest BCUT2D eigenvalue weighted by Gasteiger charge is -2.18. The van der Waals surface area contributed by atoms with Crippen molar-refractivity contribution in [1.29, 1.82) is 0 Å². The molecule has 2 heteroatoms. The maximum Gasteiger partial charge on any atom is 0.159 e. The predicted molar refractivity (Wildman–Crippen MR) is 67.5 cm³/mol. The molecule has 0 heterocycles. The number of carbonyl (C=O) groups excluding carboxylic acids is 1. The molecule has 0 N–H and O–H groups in total. The second-order valence-electron chi connectivity index (χ2n) is 4.49. The van der Waals surface area contributed by atoms with Gasteiger partial charge in [-0.3, -0.25) is 4.79 Å². The van der Waals surface area contributed by atoms with Gasteiger partial charge in [0.2, 0.25) is 0 Å². The molecule has 0 aliphatic heterocycles. The van der Waals surface area contributed by atoms with E-state index in [0.29, 0.717) is 18.1 Å². The fourth-order valence-electron chi connectivity index (χ4n) is 2.00. The van der Waals surface area contributed by atoms with E-state index in [0.717, 1.165) is 29.0 Å². The highest BCUT2D eigenvalue weighted by atomic mass is 35.5. The van der Waals surface area contributed by atoms with Gasteiger partial charge in [-0.25, -0.2) is 0 Å². The van der Waals surface area contributed by atoms with Crippen LogP contribution in [0.4, 0.5) is 0 Å². The zero-order valence-corrected chi connectivity index (χ0v) is 10.1. The van der Waals surface area contributed by atoms with Crippen molar-refractivity contribution in [2.75, 3.05) is 0 Å². The summed E-state index contributed by atoms with van der Waals surface area (Å²) < 4.78 is 0. The quantitative estimate of drug-likeness (QED) is 0.669.